The summed E-state index contributed by atoms with van der Waals surface area (Å²) < 4.78 is 11.6. The SMILES string of the molecule is CCNC(c1ccc(OCCOC)c(Br)c1)C(C)(C)C. The number of methoxy groups -OCH3 is 1. The molecule has 0 aromatic heterocycles. The van der Waals surface area contributed by atoms with E-state index in [9.17, 15) is 0 Å². The molecule has 0 aliphatic heterocycles. The molecule has 0 saturated carbocycles. The fraction of sp³-hybridized carbons (Fsp3) is 0.625. The molecule has 1 rings (SSSR count). The molecule has 114 valence electrons. The van der Waals surface area contributed by atoms with E-state index in [0.717, 1.165) is 16.8 Å². The topological polar surface area (TPSA) is 30.5 Å². The second-order valence-corrected chi connectivity index (χ2v) is 6.74. The lowest BCUT2D eigenvalue weighted by Crippen LogP contribution is -2.32. The highest BCUT2D eigenvalue weighted by Gasteiger charge is 2.25. The minimum atomic E-state index is 0.161. The first-order valence-corrected chi connectivity index (χ1v) is 7.84. The van der Waals surface area contributed by atoms with Crippen molar-refractivity contribution in [2.45, 2.75) is 33.7 Å². The lowest BCUT2D eigenvalue weighted by molar-refractivity contribution is 0.146. The Morgan fingerprint density at radius 2 is 1.95 bits per heavy atom. The molecule has 0 saturated heterocycles. The maximum Gasteiger partial charge on any atom is 0.133 e. The van der Waals surface area contributed by atoms with Crippen LogP contribution in [0.2, 0.25) is 0 Å². The van der Waals surface area contributed by atoms with Gasteiger partial charge in [0, 0.05) is 13.2 Å². The molecule has 1 atom stereocenters. The Bertz CT molecular complexity index is 415. The molecule has 0 heterocycles. The van der Waals surface area contributed by atoms with E-state index in [0.29, 0.717) is 19.3 Å². The largest absolute Gasteiger partial charge is 0.490 e. The molecule has 1 N–H and O–H groups in total. The van der Waals surface area contributed by atoms with E-state index < -0.39 is 0 Å². The predicted molar refractivity (Wildman–Crippen MR) is 87.4 cm³/mol. The Labute approximate surface area is 131 Å². The summed E-state index contributed by atoms with van der Waals surface area (Å²) in [6, 6.07) is 6.61. The van der Waals surface area contributed by atoms with Gasteiger partial charge in [0.15, 0.2) is 0 Å². The Hall–Kier alpha value is -0.580. The van der Waals surface area contributed by atoms with Crippen LogP contribution in [0.5, 0.6) is 5.75 Å². The summed E-state index contributed by atoms with van der Waals surface area (Å²) in [5.41, 5.74) is 1.43. The highest BCUT2D eigenvalue weighted by molar-refractivity contribution is 9.10. The summed E-state index contributed by atoms with van der Waals surface area (Å²) in [7, 11) is 1.67. The molecule has 1 aromatic carbocycles. The zero-order valence-corrected chi connectivity index (χ0v) is 14.7. The first kappa shape index (κ1) is 17.5. The maximum atomic E-state index is 5.67. The molecule has 0 aliphatic carbocycles. The quantitative estimate of drug-likeness (QED) is 0.753. The van der Waals surface area contributed by atoms with E-state index in [1.165, 1.54) is 5.56 Å². The van der Waals surface area contributed by atoms with Gasteiger partial charge in [-0.15, -0.1) is 0 Å². The van der Waals surface area contributed by atoms with Crippen molar-refractivity contribution in [2.24, 2.45) is 5.41 Å². The third kappa shape index (κ3) is 5.08. The van der Waals surface area contributed by atoms with Crippen molar-refractivity contribution in [3.63, 3.8) is 0 Å². The van der Waals surface area contributed by atoms with Crippen LogP contribution in [0.4, 0.5) is 0 Å². The van der Waals surface area contributed by atoms with Crippen LogP contribution in [0.15, 0.2) is 22.7 Å². The molecule has 4 heteroatoms. The Morgan fingerprint density at radius 3 is 2.45 bits per heavy atom. The maximum absolute atomic E-state index is 5.67. The molecule has 0 spiro atoms. The molecule has 0 aliphatic rings. The zero-order valence-electron chi connectivity index (χ0n) is 13.1. The highest BCUT2D eigenvalue weighted by atomic mass is 79.9. The lowest BCUT2D eigenvalue weighted by atomic mass is 9.82. The summed E-state index contributed by atoms with van der Waals surface area (Å²) >= 11 is 3.59. The van der Waals surface area contributed by atoms with Crippen LogP contribution in [0, 0.1) is 5.41 Å². The van der Waals surface area contributed by atoms with Gasteiger partial charge in [-0.2, -0.15) is 0 Å². The minimum absolute atomic E-state index is 0.161. The number of nitrogens with one attached hydrogen (secondary N) is 1. The van der Waals surface area contributed by atoms with Gasteiger partial charge in [-0.05, 0) is 45.6 Å². The first-order valence-electron chi connectivity index (χ1n) is 7.04. The molecular formula is C16H26BrNO2. The van der Waals surface area contributed by atoms with Crippen molar-refractivity contribution in [1.82, 2.24) is 5.32 Å². The molecule has 1 aromatic rings. The first-order chi connectivity index (χ1) is 9.40. The number of halogens is 1. The van der Waals surface area contributed by atoms with Crippen LogP contribution < -0.4 is 10.1 Å². The standard InChI is InChI=1S/C16H26BrNO2/c1-6-18-15(16(2,3)4)12-7-8-14(13(17)11-12)20-10-9-19-5/h7-8,11,15,18H,6,9-10H2,1-5H3. The normalized spacial score (nSPS) is 13.3. The van der Waals surface area contributed by atoms with Gasteiger partial charge < -0.3 is 14.8 Å². The molecular weight excluding hydrogens is 318 g/mol. The van der Waals surface area contributed by atoms with E-state index in [2.05, 4.69) is 61.1 Å². The average molecular weight is 344 g/mol. The molecule has 1 unspecified atom stereocenters. The smallest absolute Gasteiger partial charge is 0.133 e. The second kappa shape index (κ2) is 8.01. The molecule has 0 fully saturated rings. The fourth-order valence-corrected chi connectivity index (χ4v) is 2.69. The van der Waals surface area contributed by atoms with Crippen molar-refractivity contribution in [3.05, 3.63) is 28.2 Å². The Morgan fingerprint density at radius 1 is 1.25 bits per heavy atom. The minimum Gasteiger partial charge on any atom is -0.490 e. The highest BCUT2D eigenvalue weighted by Crippen LogP contribution is 2.36. The average Bonchev–Trinajstić information content (AvgIpc) is 2.37. The molecule has 3 nitrogen and oxygen atoms in total. The zero-order chi connectivity index (χ0) is 15.2. The molecule has 0 radical (unpaired) electrons. The summed E-state index contributed by atoms with van der Waals surface area (Å²) in [4.78, 5) is 0. The van der Waals surface area contributed by atoms with E-state index in [-0.39, 0.29) is 5.41 Å². The van der Waals surface area contributed by atoms with Gasteiger partial charge in [-0.25, -0.2) is 0 Å². The van der Waals surface area contributed by atoms with E-state index in [1.54, 1.807) is 7.11 Å². The molecule has 0 amide bonds. The van der Waals surface area contributed by atoms with Gasteiger partial charge >= 0.3 is 0 Å². The molecule has 0 bridgehead atoms. The number of hydrogen-bond acceptors (Lipinski definition) is 3. The summed E-state index contributed by atoms with van der Waals surface area (Å²) in [5.74, 6) is 0.856. The van der Waals surface area contributed by atoms with Gasteiger partial charge in [-0.3, -0.25) is 0 Å². The van der Waals surface area contributed by atoms with Gasteiger partial charge in [0.05, 0.1) is 11.1 Å². The molecule has 20 heavy (non-hydrogen) atoms. The van der Waals surface area contributed by atoms with Crippen LogP contribution in [-0.4, -0.2) is 26.9 Å². The summed E-state index contributed by atoms with van der Waals surface area (Å²) in [6.07, 6.45) is 0. The fourth-order valence-electron chi connectivity index (χ4n) is 2.18. The van der Waals surface area contributed by atoms with Crippen LogP contribution in [0.1, 0.15) is 39.3 Å². The van der Waals surface area contributed by atoms with Crippen LogP contribution >= 0.6 is 15.9 Å². The lowest BCUT2D eigenvalue weighted by Gasteiger charge is -2.32. The number of hydrogen-bond donors (Lipinski definition) is 1. The Kier molecular flexibility index (Phi) is 7.00. The van der Waals surface area contributed by atoms with Crippen LogP contribution in [0.25, 0.3) is 0 Å². The predicted octanol–water partition coefficient (Wildman–Crippen LogP) is 4.17. The Balaban J connectivity index is 2.88. The number of benzene rings is 1. The van der Waals surface area contributed by atoms with Crippen LogP contribution in [0.3, 0.4) is 0 Å². The van der Waals surface area contributed by atoms with Gasteiger partial charge in [0.2, 0.25) is 0 Å². The van der Waals surface area contributed by atoms with E-state index in [4.69, 9.17) is 9.47 Å². The van der Waals surface area contributed by atoms with Crippen molar-refractivity contribution in [3.8, 4) is 5.75 Å². The van der Waals surface area contributed by atoms with Crippen molar-refractivity contribution >= 4 is 15.9 Å². The van der Waals surface area contributed by atoms with Gasteiger partial charge in [0.25, 0.3) is 0 Å². The van der Waals surface area contributed by atoms with E-state index >= 15 is 0 Å². The summed E-state index contributed by atoms with van der Waals surface area (Å²) in [6.45, 7) is 11.0. The van der Waals surface area contributed by atoms with Crippen molar-refractivity contribution in [2.75, 3.05) is 26.9 Å². The van der Waals surface area contributed by atoms with Crippen molar-refractivity contribution < 1.29 is 9.47 Å². The number of ether oxygens (including phenoxy) is 2. The van der Waals surface area contributed by atoms with Crippen molar-refractivity contribution in [1.29, 1.82) is 0 Å². The van der Waals surface area contributed by atoms with Gasteiger partial charge in [-0.1, -0.05) is 33.8 Å². The monoisotopic (exact) mass is 343 g/mol. The van der Waals surface area contributed by atoms with E-state index in [1.807, 2.05) is 6.07 Å². The van der Waals surface area contributed by atoms with Crippen LogP contribution in [-0.2, 0) is 4.74 Å². The summed E-state index contributed by atoms with van der Waals surface area (Å²) in [5, 5.41) is 3.56. The third-order valence-corrected chi connectivity index (χ3v) is 3.73. The third-order valence-electron chi connectivity index (χ3n) is 3.11. The number of rotatable bonds is 7. The van der Waals surface area contributed by atoms with Gasteiger partial charge in [0.1, 0.15) is 12.4 Å². The second-order valence-electron chi connectivity index (χ2n) is 5.89.